The monoisotopic (exact) mass is 258 g/mol. The molecule has 2 rings (SSSR count). The van der Waals surface area contributed by atoms with Crippen molar-refractivity contribution in [3.05, 3.63) is 35.9 Å². The smallest absolute Gasteiger partial charge is 0.392 e. The molecule has 1 aliphatic rings. The third-order valence-electron chi connectivity index (χ3n) is 3.01. The second-order valence-electron chi connectivity index (χ2n) is 4.49. The number of hydrogen-bond donors (Lipinski definition) is 0. The van der Waals surface area contributed by atoms with Crippen molar-refractivity contribution >= 4 is 5.97 Å². The highest BCUT2D eigenvalue weighted by atomic mass is 19.4. The first-order valence-electron chi connectivity index (χ1n) is 5.73. The second kappa shape index (κ2) is 5.00. The minimum Gasteiger partial charge on any atom is -0.461 e. The molecule has 1 fully saturated rings. The van der Waals surface area contributed by atoms with Gasteiger partial charge >= 0.3 is 12.1 Å². The van der Waals surface area contributed by atoms with E-state index in [9.17, 15) is 18.0 Å². The molecule has 1 aromatic carbocycles. The van der Waals surface area contributed by atoms with Crippen molar-refractivity contribution in [2.75, 3.05) is 0 Å². The molecule has 2 nitrogen and oxygen atoms in total. The van der Waals surface area contributed by atoms with Crippen LogP contribution in [0.15, 0.2) is 30.3 Å². The molecule has 18 heavy (non-hydrogen) atoms. The molecule has 2 atom stereocenters. The molecule has 98 valence electrons. The van der Waals surface area contributed by atoms with Gasteiger partial charge in [0.05, 0.1) is 5.92 Å². The summed E-state index contributed by atoms with van der Waals surface area (Å²) in [7, 11) is 0. The van der Waals surface area contributed by atoms with Crippen LogP contribution in [0.3, 0.4) is 0 Å². The van der Waals surface area contributed by atoms with E-state index >= 15 is 0 Å². The average molecular weight is 258 g/mol. The molecule has 0 amide bonds. The number of ether oxygens (including phenoxy) is 1. The Labute approximate surface area is 103 Å². The lowest BCUT2D eigenvalue weighted by Gasteiger charge is -2.06. The summed E-state index contributed by atoms with van der Waals surface area (Å²) in [6.45, 7) is 0.114. The topological polar surface area (TPSA) is 26.3 Å². The van der Waals surface area contributed by atoms with Crippen LogP contribution in [0.1, 0.15) is 18.4 Å². The Bertz CT molecular complexity index is 414. The van der Waals surface area contributed by atoms with Crippen LogP contribution in [0.25, 0.3) is 0 Å². The normalized spacial score (nSPS) is 22.6. The van der Waals surface area contributed by atoms with Gasteiger partial charge in [-0.05, 0) is 17.9 Å². The van der Waals surface area contributed by atoms with Gasteiger partial charge in [0.1, 0.15) is 6.61 Å². The highest BCUT2D eigenvalue weighted by Crippen LogP contribution is 2.51. The second-order valence-corrected chi connectivity index (χ2v) is 4.49. The molecular weight excluding hydrogens is 245 g/mol. The Kier molecular flexibility index (Phi) is 3.59. The molecule has 0 N–H and O–H groups in total. The van der Waals surface area contributed by atoms with Crippen LogP contribution in [0.4, 0.5) is 13.2 Å². The van der Waals surface area contributed by atoms with Crippen molar-refractivity contribution in [3.63, 3.8) is 0 Å². The number of esters is 1. The summed E-state index contributed by atoms with van der Waals surface area (Å²) < 4.78 is 41.7. The molecule has 0 aromatic heterocycles. The lowest BCUT2D eigenvalue weighted by molar-refractivity contribution is -0.154. The van der Waals surface area contributed by atoms with E-state index in [1.807, 2.05) is 18.2 Å². The van der Waals surface area contributed by atoms with Crippen molar-refractivity contribution in [2.45, 2.75) is 25.6 Å². The van der Waals surface area contributed by atoms with Gasteiger partial charge < -0.3 is 4.74 Å². The minimum atomic E-state index is -4.18. The van der Waals surface area contributed by atoms with Crippen LogP contribution in [0, 0.1) is 11.8 Å². The molecule has 0 saturated heterocycles. The standard InChI is InChI=1S/C13H13F3O2/c14-13(15,16)11-6-10(11)7-12(17)18-8-9-4-2-1-3-5-9/h1-5,10-11H,6-8H2/t10-,11+/m0/s1. The minimum absolute atomic E-state index is 0.0456. The van der Waals surface area contributed by atoms with Crippen LogP contribution in [0.5, 0.6) is 0 Å². The quantitative estimate of drug-likeness (QED) is 0.774. The molecule has 1 aliphatic carbocycles. The van der Waals surface area contributed by atoms with E-state index in [-0.39, 0.29) is 19.4 Å². The van der Waals surface area contributed by atoms with Gasteiger partial charge in [-0.1, -0.05) is 30.3 Å². The number of carbonyl (C=O) groups excluding carboxylic acids is 1. The van der Waals surface area contributed by atoms with Gasteiger partial charge in [0.25, 0.3) is 0 Å². The first-order chi connectivity index (χ1) is 8.47. The van der Waals surface area contributed by atoms with Gasteiger partial charge in [0.15, 0.2) is 0 Å². The zero-order chi connectivity index (χ0) is 13.2. The Balaban J connectivity index is 1.71. The summed E-state index contributed by atoms with van der Waals surface area (Å²) in [5, 5.41) is 0. The highest BCUT2D eigenvalue weighted by molar-refractivity contribution is 5.70. The van der Waals surface area contributed by atoms with Gasteiger partial charge in [0, 0.05) is 6.42 Å². The number of rotatable bonds is 4. The summed E-state index contributed by atoms with van der Waals surface area (Å²) in [6.07, 6.45) is -4.27. The molecule has 0 unspecified atom stereocenters. The first-order valence-corrected chi connectivity index (χ1v) is 5.73. The van der Waals surface area contributed by atoms with Crippen LogP contribution < -0.4 is 0 Å². The number of hydrogen-bond acceptors (Lipinski definition) is 2. The largest absolute Gasteiger partial charge is 0.461 e. The van der Waals surface area contributed by atoms with Crippen LogP contribution in [-0.4, -0.2) is 12.1 Å². The third-order valence-corrected chi connectivity index (χ3v) is 3.01. The summed E-state index contributed by atoms with van der Waals surface area (Å²) >= 11 is 0. The van der Waals surface area contributed by atoms with Crippen LogP contribution in [0.2, 0.25) is 0 Å². The van der Waals surface area contributed by atoms with Crippen molar-refractivity contribution in [1.29, 1.82) is 0 Å². The van der Waals surface area contributed by atoms with E-state index in [2.05, 4.69) is 0 Å². The average Bonchev–Trinajstić information content (AvgIpc) is 3.07. The predicted molar refractivity (Wildman–Crippen MR) is 58.5 cm³/mol. The summed E-state index contributed by atoms with van der Waals surface area (Å²) in [5.74, 6) is -2.47. The van der Waals surface area contributed by atoms with Crippen LogP contribution >= 0.6 is 0 Å². The fourth-order valence-corrected chi connectivity index (χ4v) is 1.89. The summed E-state index contributed by atoms with van der Waals surface area (Å²) in [5.41, 5.74) is 0.828. The molecule has 0 spiro atoms. The number of halogens is 3. The van der Waals surface area contributed by atoms with Gasteiger partial charge in [-0.2, -0.15) is 13.2 Å². The maximum atomic E-state index is 12.2. The van der Waals surface area contributed by atoms with Crippen molar-refractivity contribution in [1.82, 2.24) is 0 Å². The fourth-order valence-electron chi connectivity index (χ4n) is 1.89. The lowest BCUT2D eigenvalue weighted by atomic mass is 10.2. The van der Waals surface area contributed by atoms with Gasteiger partial charge in [-0.15, -0.1) is 0 Å². The third kappa shape index (κ3) is 3.48. The first kappa shape index (κ1) is 12.9. The zero-order valence-corrected chi connectivity index (χ0v) is 9.61. The number of carbonyl (C=O) groups is 1. The van der Waals surface area contributed by atoms with Crippen LogP contribution in [-0.2, 0) is 16.1 Å². The van der Waals surface area contributed by atoms with Crippen molar-refractivity contribution < 1.29 is 22.7 Å². The maximum Gasteiger partial charge on any atom is 0.392 e. The molecule has 1 aromatic rings. The molecule has 0 heterocycles. The highest BCUT2D eigenvalue weighted by Gasteiger charge is 2.56. The van der Waals surface area contributed by atoms with E-state index in [0.29, 0.717) is 0 Å². The molecule has 0 aliphatic heterocycles. The van der Waals surface area contributed by atoms with Crippen molar-refractivity contribution in [2.24, 2.45) is 11.8 Å². The molecule has 0 radical (unpaired) electrons. The Morgan fingerprint density at radius 3 is 2.50 bits per heavy atom. The number of benzene rings is 1. The van der Waals surface area contributed by atoms with Gasteiger partial charge in [-0.25, -0.2) is 0 Å². The summed E-state index contributed by atoms with van der Waals surface area (Å²) in [6, 6.07) is 9.04. The SMILES string of the molecule is O=C(C[C@@H]1C[C@H]1C(F)(F)F)OCc1ccccc1. The molecule has 5 heteroatoms. The van der Waals surface area contributed by atoms with E-state index in [4.69, 9.17) is 4.74 Å². The van der Waals surface area contributed by atoms with Gasteiger partial charge in [0.2, 0.25) is 0 Å². The maximum absolute atomic E-state index is 12.2. The van der Waals surface area contributed by atoms with E-state index in [1.165, 1.54) is 0 Å². The Hall–Kier alpha value is -1.52. The van der Waals surface area contributed by atoms with E-state index in [0.717, 1.165) is 5.56 Å². The Morgan fingerprint density at radius 1 is 1.28 bits per heavy atom. The predicted octanol–water partition coefficient (Wildman–Crippen LogP) is 3.32. The van der Waals surface area contributed by atoms with E-state index in [1.54, 1.807) is 12.1 Å². The molecule has 1 saturated carbocycles. The Morgan fingerprint density at radius 2 is 1.94 bits per heavy atom. The van der Waals surface area contributed by atoms with E-state index < -0.39 is 24.0 Å². The molecule has 0 bridgehead atoms. The van der Waals surface area contributed by atoms with Crippen molar-refractivity contribution in [3.8, 4) is 0 Å². The summed E-state index contributed by atoms with van der Waals surface area (Å²) in [4.78, 5) is 11.3. The number of alkyl halides is 3. The lowest BCUT2D eigenvalue weighted by Crippen LogP contribution is -2.14. The zero-order valence-electron chi connectivity index (χ0n) is 9.61. The molecular formula is C13H13F3O2. The van der Waals surface area contributed by atoms with Gasteiger partial charge in [-0.3, -0.25) is 4.79 Å². The fraction of sp³-hybridized carbons (Fsp3) is 0.462.